The molecule has 0 atom stereocenters. The molecule has 0 aliphatic rings. The van der Waals surface area contributed by atoms with Gasteiger partial charge in [0, 0.05) is 39.8 Å². The van der Waals surface area contributed by atoms with Gasteiger partial charge < -0.3 is 14.9 Å². The van der Waals surface area contributed by atoms with E-state index in [2.05, 4.69) is 74.1 Å². The van der Waals surface area contributed by atoms with Gasteiger partial charge in [0.05, 0.1) is 15.9 Å². The summed E-state index contributed by atoms with van der Waals surface area (Å²) in [5.41, 5.74) is 1.59. The molecule has 0 aliphatic carbocycles. The minimum absolute atomic E-state index is 0.103. The zero-order chi connectivity index (χ0) is 34.4. The highest BCUT2D eigenvalue weighted by atomic mass is 33.1. The van der Waals surface area contributed by atoms with Crippen LogP contribution in [-0.4, -0.2) is 73.1 Å². The average molecular weight is 711 g/mol. The molecule has 14 heteroatoms. The zero-order valence-electron chi connectivity index (χ0n) is 26.7. The van der Waals surface area contributed by atoms with Crippen LogP contribution in [0.2, 0.25) is 0 Å². The highest BCUT2D eigenvalue weighted by molar-refractivity contribution is 8.89. The van der Waals surface area contributed by atoms with Crippen molar-refractivity contribution < 1.29 is 15.0 Å². The van der Waals surface area contributed by atoms with Gasteiger partial charge in [-0.05, 0) is 64.0 Å². The number of phenols is 1. The molecule has 0 aromatic heterocycles. The maximum absolute atomic E-state index is 10.4. The molecule has 0 heterocycles. The Labute approximate surface area is 289 Å². The SMILES string of the molecule is CCCSCCC.CN(C)C(=S)SSC(=S)N(C)C.Cc1cc([N+](=O)[O-])cc([N+](=O)[O-])c1O.c1ccc(-c2ccccc2)cc1. The summed E-state index contributed by atoms with van der Waals surface area (Å²) in [4.78, 5) is 22.9. The molecule has 0 spiro atoms. The second-order valence-corrected chi connectivity index (χ2v) is 14.1. The van der Waals surface area contributed by atoms with Crippen LogP contribution in [0.3, 0.4) is 0 Å². The number of phenolic OH excluding ortho intramolecular Hbond substituents is 1. The molecule has 3 rings (SSSR count). The summed E-state index contributed by atoms with van der Waals surface area (Å²) in [6.45, 7) is 5.81. The summed E-state index contributed by atoms with van der Waals surface area (Å²) in [5, 5.41) is 29.9. The van der Waals surface area contributed by atoms with E-state index in [0.29, 0.717) is 0 Å². The number of aromatic hydroxyl groups is 1. The number of rotatable bonds is 7. The van der Waals surface area contributed by atoms with Crippen LogP contribution in [0.15, 0.2) is 72.8 Å². The maximum Gasteiger partial charge on any atom is 0.317 e. The molecule has 1 N–H and O–H groups in total. The van der Waals surface area contributed by atoms with Crippen LogP contribution >= 0.6 is 57.8 Å². The Bertz CT molecular complexity index is 1270. The third-order valence-electron chi connectivity index (χ3n) is 5.17. The van der Waals surface area contributed by atoms with Crippen molar-refractivity contribution in [2.24, 2.45) is 0 Å². The topological polar surface area (TPSA) is 113 Å². The molecular formula is C31H42N4O5S5. The Morgan fingerprint density at radius 2 is 1.16 bits per heavy atom. The monoisotopic (exact) mass is 710 g/mol. The third kappa shape index (κ3) is 18.6. The molecule has 0 fully saturated rings. The van der Waals surface area contributed by atoms with Crippen molar-refractivity contribution in [1.29, 1.82) is 0 Å². The lowest BCUT2D eigenvalue weighted by atomic mass is 10.1. The zero-order valence-corrected chi connectivity index (χ0v) is 30.7. The first-order chi connectivity index (χ1) is 21.3. The summed E-state index contributed by atoms with van der Waals surface area (Å²) in [5.74, 6) is 2.14. The van der Waals surface area contributed by atoms with Gasteiger partial charge in [-0.15, -0.1) is 0 Å². The lowest BCUT2D eigenvalue weighted by Crippen LogP contribution is -2.18. The van der Waals surface area contributed by atoms with Crippen LogP contribution < -0.4 is 0 Å². The molecule has 9 nitrogen and oxygen atoms in total. The van der Waals surface area contributed by atoms with E-state index in [0.717, 1.165) is 20.8 Å². The van der Waals surface area contributed by atoms with Crippen LogP contribution in [-0.2, 0) is 0 Å². The van der Waals surface area contributed by atoms with Crippen molar-refractivity contribution in [3.05, 3.63) is 98.6 Å². The van der Waals surface area contributed by atoms with E-state index in [1.807, 2.05) is 50.1 Å². The fourth-order valence-electron chi connectivity index (χ4n) is 2.86. The van der Waals surface area contributed by atoms with Crippen LogP contribution in [0.1, 0.15) is 32.3 Å². The number of benzene rings is 3. The van der Waals surface area contributed by atoms with E-state index >= 15 is 0 Å². The molecule has 3 aromatic rings. The third-order valence-corrected chi connectivity index (χ3v) is 10.7. The van der Waals surface area contributed by atoms with E-state index in [1.54, 1.807) is 0 Å². The van der Waals surface area contributed by atoms with Crippen LogP contribution in [0.25, 0.3) is 11.1 Å². The average Bonchev–Trinajstić information content (AvgIpc) is 3.02. The van der Waals surface area contributed by atoms with Gasteiger partial charge in [-0.1, -0.05) is 98.9 Å². The van der Waals surface area contributed by atoms with E-state index in [9.17, 15) is 25.3 Å². The number of hydrogen-bond acceptors (Lipinski definition) is 10. The lowest BCUT2D eigenvalue weighted by molar-refractivity contribution is -0.394. The summed E-state index contributed by atoms with van der Waals surface area (Å²) >= 11 is 12.2. The molecule has 0 radical (unpaired) electrons. The number of thioether (sulfide) groups is 1. The Hall–Kier alpha value is -2.91. The van der Waals surface area contributed by atoms with Crippen molar-refractivity contribution >= 4 is 77.8 Å². The van der Waals surface area contributed by atoms with E-state index in [4.69, 9.17) is 24.4 Å². The number of nitrogens with zero attached hydrogens (tertiary/aromatic N) is 4. The number of nitro groups is 2. The molecule has 0 saturated heterocycles. The van der Waals surface area contributed by atoms with Gasteiger partial charge in [0.15, 0.2) is 5.75 Å². The fourth-order valence-corrected chi connectivity index (χ4v) is 6.02. The van der Waals surface area contributed by atoms with Gasteiger partial charge >= 0.3 is 5.69 Å². The van der Waals surface area contributed by atoms with E-state index in [-0.39, 0.29) is 5.56 Å². The van der Waals surface area contributed by atoms with Gasteiger partial charge in [0.2, 0.25) is 0 Å². The van der Waals surface area contributed by atoms with Gasteiger partial charge in [-0.2, -0.15) is 11.8 Å². The number of aryl methyl sites for hydroxylation is 1. The molecule has 3 aromatic carbocycles. The molecule has 0 unspecified atom stereocenters. The molecule has 246 valence electrons. The second kappa shape index (κ2) is 24.3. The first-order valence-corrected chi connectivity index (χ1v) is 18.0. The first kappa shape index (κ1) is 42.1. The Kier molecular flexibility index (Phi) is 22.8. The van der Waals surface area contributed by atoms with Crippen molar-refractivity contribution in [3.8, 4) is 16.9 Å². The maximum atomic E-state index is 10.4. The van der Waals surface area contributed by atoms with Crippen molar-refractivity contribution in [2.45, 2.75) is 33.6 Å². The summed E-state index contributed by atoms with van der Waals surface area (Å²) < 4.78 is 1.67. The molecule has 0 bridgehead atoms. The van der Waals surface area contributed by atoms with E-state index in [1.165, 1.54) is 64.0 Å². The fraction of sp³-hybridized carbons (Fsp3) is 0.355. The van der Waals surface area contributed by atoms with E-state index < -0.39 is 27.0 Å². The summed E-state index contributed by atoms with van der Waals surface area (Å²) in [6, 6.07) is 22.6. The number of thiocarbonyl (C=S) groups is 2. The normalized spacial score (nSPS) is 9.58. The predicted molar refractivity (Wildman–Crippen MR) is 204 cm³/mol. The Morgan fingerprint density at radius 1 is 0.756 bits per heavy atom. The first-order valence-electron chi connectivity index (χ1n) is 13.8. The molecular weight excluding hydrogens is 669 g/mol. The summed E-state index contributed by atoms with van der Waals surface area (Å²) in [7, 11) is 10.7. The van der Waals surface area contributed by atoms with Gasteiger partial charge in [-0.3, -0.25) is 20.2 Å². The highest BCUT2D eigenvalue weighted by Crippen LogP contribution is 2.33. The van der Waals surface area contributed by atoms with Gasteiger partial charge in [0.25, 0.3) is 5.69 Å². The van der Waals surface area contributed by atoms with Gasteiger partial charge in [0.1, 0.15) is 8.64 Å². The molecule has 0 saturated carbocycles. The smallest absolute Gasteiger partial charge is 0.317 e. The largest absolute Gasteiger partial charge is 0.502 e. The minimum Gasteiger partial charge on any atom is -0.502 e. The highest BCUT2D eigenvalue weighted by Gasteiger charge is 2.21. The molecule has 0 amide bonds. The minimum atomic E-state index is -0.866. The number of non-ortho nitro benzene ring substituents is 1. The summed E-state index contributed by atoms with van der Waals surface area (Å²) in [6.07, 6.45) is 2.65. The standard InChI is InChI=1S/C12H10.C7H6N2O5.C6H12N2S4.C6H14S/c1-3-7-11(8-4-1)12-9-5-2-6-10-12;1-4-2-5(8(11)12)3-6(7(4)10)9(13)14;1-7(2)5(9)11-12-6(10)8(3)4;1-3-5-7-6-4-2/h1-10H;2-3,10H,1H3;1-4H3;3-6H2,1-2H3. The van der Waals surface area contributed by atoms with Crippen molar-refractivity contribution in [2.75, 3.05) is 39.7 Å². The van der Waals surface area contributed by atoms with Crippen molar-refractivity contribution in [1.82, 2.24) is 9.80 Å². The van der Waals surface area contributed by atoms with Crippen LogP contribution in [0.4, 0.5) is 11.4 Å². The van der Waals surface area contributed by atoms with Gasteiger partial charge in [-0.25, -0.2) is 0 Å². The Balaban J connectivity index is 0.000000588. The van der Waals surface area contributed by atoms with Crippen LogP contribution in [0, 0.1) is 27.2 Å². The van der Waals surface area contributed by atoms with Crippen LogP contribution in [0.5, 0.6) is 5.75 Å². The predicted octanol–water partition coefficient (Wildman–Crippen LogP) is 9.47. The number of hydrogen-bond donors (Lipinski definition) is 1. The lowest BCUT2D eigenvalue weighted by Gasteiger charge is -2.15. The molecule has 45 heavy (non-hydrogen) atoms. The molecule has 0 aliphatic heterocycles. The number of nitro benzene ring substituents is 2. The second-order valence-electron chi connectivity index (χ2n) is 9.48. The quantitative estimate of drug-likeness (QED) is 0.0828. The van der Waals surface area contributed by atoms with Crippen molar-refractivity contribution in [3.63, 3.8) is 0 Å². The Morgan fingerprint density at radius 3 is 1.47 bits per heavy atom.